The summed E-state index contributed by atoms with van der Waals surface area (Å²) in [5.74, 6) is 1.04. The van der Waals surface area contributed by atoms with Gasteiger partial charge in [-0.3, -0.25) is 9.59 Å². The number of hydrogen-bond acceptors (Lipinski definition) is 5. The van der Waals surface area contributed by atoms with Crippen LogP contribution >= 0.6 is 0 Å². The van der Waals surface area contributed by atoms with Crippen molar-refractivity contribution < 1.29 is 23.8 Å². The van der Waals surface area contributed by atoms with Gasteiger partial charge in [-0.05, 0) is 24.3 Å². The van der Waals surface area contributed by atoms with E-state index in [1.54, 1.807) is 43.4 Å². The molecule has 0 aromatic heterocycles. The largest absolute Gasteiger partial charge is 0.497 e. The number of hydrogen-bond donors (Lipinski definition) is 1. The van der Waals surface area contributed by atoms with E-state index in [2.05, 4.69) is 5.32 Å². The molecule has 0 spiro atoms. The van der Waals surface area contributed by atoms with Gasteiger partial charge in [-0.25, -0.2) is 0 Å². The van der Waals surface area contributed by atoms with Crippen molar-refractivity contribution in [2.24, 2.45) is 5.92 Å². The molecule has 1 saturated heterocycles. The Morgan fingerprint density at radius 1 is 1.04 bits per heavy atom. The number of methoxy groups -OCH3 is 3. The van der Waals surface area contributed by atoms with Crippen molar-refractivity contribution in [3.05, 3.63) is 42.5 Å². The molecule has 142 valence electrons. The van der Waals surface area contributed by atoms with Crippen molar-refractivity contribution in [3.63, 3.8) is 0 Å². The van der Waals surface area contributed by atoms with Crippen LogP contribution in [0.15, 0.2) is 42.5 Å². The number of carbonyl (C=O) groups excluding carboxylic acids is 2. The molecule has 0 saturated carbocycles. The summed E-state index contributed by atoms with van der Waals surface area (Å²) in [6.07, 6.45) is 0.163. The molecule has 1 atom stereocenters. The minimum atomic E-state index is -0.434. The molecule has 0 aliphatic carbocycles. The van der Waals surface area contributed by atoms with Crippen LogP contribution in [0.1, 0.15) is 6.42 Å². The van der Waals surface area contributed by atoms with Gasteiger partial charge in [0.1, 0.15) is 5.75 Å². The van der Waals surface area contributed by atoms with Gasteiger partial charge in [0.2, 0.25) is 11.8 Å². The highest BCUT2D eigenvalue weighted by atomic mass is 16.5. The highest BCUT2D eigenvalue weighted by Gasteiger charge is 2.35. The molecule has 1 aliphatic rings. The molecular weight excluding hydrogens is 348 g/mol. The lowest BCUT2D eigenvalue weighted by molar-refractivity contribution is -0.122. The molecule has 7 nitrogen and oxygen atoms in total. The summed E-state index contributed by atoms with van der Waals surface area (Å²) in [7, 11) is 4.66. The van der Waals surface area contributed by atoms with Gasteiger partial charge in [-0.1, -0.05) is 6.07 Å². The third-order valence-electron chi connectivity index (χ3n) is 4.51. The Morgan fingerprint density at radius 2 is 1.81 bits per heavy atom. The maximum absolute atomic E-state index is 12.6. The fourth-order valence-electron chi connectivity index (χ4n) is 3.07. The first kappa shape index (κ1) is 18.6. The third-order valence-corrected chi connectivity index (χ3v) is 4.51. The molecule has 2 aromatic rings. The van der Waals surface area contributed by atoms with E-state index in [1.165, 1.54) is 7.11 Å². The Kier molecular flexibility index (Phi) is 5.49. The summed E-state index contributed by atoms with van der Waals surface area (Å²) in [5.41, 5.74) is 1.31. The zero-order valence-electron chi connectivity index (χ0n) is 15.5. The second-order valence-electron chi connectivity index (χ2n) is 6.17. The van der Waals surface area contributed by atoms with E-state index >= 15 is 0 Å². The topological polar surface area (TPSA) is 77.1 Å². The fourth-order valence-corrected chi connectivity index (χ4v) is 3.07. The predicted octanol–water partition coefficient (Wildman–Crippen LogP) is 2.70. The van der Waals surface area contributed by atoms with E-state index in [4.69, 9.17) is 14.2 Å². The number of ether oxygens (including phenoxy) is 3. The second kappa shape index (κ2) is 7.99. The molecule has 3 rings (SSSR count). The summed E-state index contributed by atoms with van der Waals surface area (Å²) in [6, 6.07) is 12.4. The van der Waals surface area contributed by atoms with Crippen LogP contribution in [-0.4, -0.2) is 39.7 Å². The van der Waals surface area contributed by atoms with Crippen LogP contribution in [0, 0.1) is 5.92 Å². The first-order chi connectivity index (χ1) is 13.0. The molecule has 2 aromatic carbocycles. The first-order valence-electron chi connectivity index (χ1n) is 8.53. The lowest BCUT2D eigenvalue weighted by atomic mass is 10.1. The van der Waals surface area contributed by atoms with E-state index < -0.39 is 5.92 Å². The maximum Gasteiger partial charge on any atom is 0.229 e. The summed E-state index contributed by atoms with van der Waals surface area (Å²) in [5, 5.41) is 2.85. The van der Waals surface area contributed by atoms with Gasteiger partial charge in [0.05, 0.1) is 27.2 Å². The van der Waals surface area contributed by atoms with Crippen molar-refractivity contribution >= 4 is 23.2 Å². The van der Waals surface area contributed by atoms with Crippen LogP contribution in [0.5, 0.6) is 17.2 Å². The fraction of sp³-hybridized carbons (Fsp3) is 0.300. The van der Waals surface area contributed by atoms with Gasteiger partial charge in [0.15, 0.2) is 11.5 Å². The monoisotopic (exact) mass is 370 g/mol. The Labute approximate surface area is 157 Å². The highest BCUT2D eigenvalue weighted by molar-refractivity contribution is 6.03. The Hall–Kier alpha value is -3.22. The third kappa shape index (κ3) is 3.97. The van der Waals surface area contributed by atoms with Crippen LogP contribution < -0.4 is 24.4 Å². The Bertz CT molecular complexity index is 852. The molecule has 1 heterocycles. The molecule has 1 fully saturated rings. The van der Waals surface area contributed by atoms with Gasteiger partial charge >= 0.3 is 0 Å². The van der Waals surface area contributed by atoms with E-state index in [9.17, 15) is 9.59 Å². The van der Waals surface area contributed by atoms with Crippen LogP contribution in [-0.2, 0) is 9.59 Å². The van der Waals surface area contributed by atoms with Crippen LogP contribution in [0.3, 0.4) is 0 Å². The van der Waals surface area contributed by atoms with Gasteiger partial charge < -0.3 is 24.4 Å². The Balaban J connectivity index is 1.70. The quantitative estimate of drug-likeness (QED) is 0.846. The van der Waals surface area contributed by atoms with E-state index in [1.807, 2.05) is 18.2 Å². The average Bonchev–Trinajstić information content (AvgIpc) is 3.09. The average molecular weight is 370 g/mol. The second-order valence-corrected chi connectivity index (χ2v) is 6.17. The lowest BCUT2D eigenvalue weighted by Gasteiger charge is -2.17. The molecule has 27 heavy (non-hydrogen) atoms. The molecule has 0 radical (unpaired) electrons. The normalized spacial score (nSPS) is 16.2. The number of rotatable bonds is 6. The van der Waals surface area contributed by atoms with Crippen LogP contribution in [0.2, 0.25) is 0 Å². The summed E-state index contributed by atoms with van der Waals surface area (Å²) >= 11 is 0. The molecule has 7 heteroatoms. The minimum Gasteiger partial charge on any atom is -0.497 e. The Morgan fingerprint density at radius 3 is 2.52 bits per heavy atom. The number of anilines is 2. The van der Waals surface area contributed by atoms with E-state index in [0.717, 1.165) is 5.69 Å². The zero-order chi connectivity index (χ0) is 19.4. The minimum absolute atomic E-state index is 0.0873. The van der Waals surface area contributed by atoms with Crippen molar-refractivity contribution in [1.29, 1.82) is 0 Å². The summed E-state index contributed by atoms with van der Waals surface area (Å²) in [4.78, 5) is 26.6. The maximum atomic E-state index is 12.6. The van der Waals surface area contributed by atoms with Crippen molar-refractivity contribution in [2.45, 2.75) is 6.42 Å². The summed E-state index contributed by atoms with van der Waals surface area (Å²) < 4.78 is 15.6. The standard InChI is InChI=1S/C20H22N2O5/c1-25-16-6-4-5-15(11-16)22-12-13(9-19(22)23)20(24)21-14-7-8-17(26-2)18(10-14)27-3/h4-8,10-11,13H,9,12H2,1-3H3,(H,21,24). The van der Waals surface area contributed by atoms with Crippen LogP contribution in [0.25, 0.3) is 0 Å². The van der Waals surface area contributed by atoms with Gasteiger partial charge in [0.25, 0.3) is 0 Å². The highest BCUT2D eigenvalue weighted by Crippen LogP contribution is 2.31. The number of benzene rings is 2. The number of carbonyl (C=O) groups is 2. The van der Waals surface area contributed by atoms with Gasteiger partial charge in [-0.15, -0.1) is 0 Å². The first-order valence-corrected chi connectivity index (χ1v) is 8.53. The van der Waals surface area contributed by atoms with Crippen molar-refractivity contribution in [1.82, 2.24) is 0 Å². The molecule has 2 amide bonds. The van der Waals surface area contributed by atoms with Crippen LogP contribution in [0.4, 0.5) is 11.4 Å². The van der Waals surface area contributed by atoms with E-state index in [-0.39, 0.29) is 18.2 Å². The molecule has 1 aliphatic heterocycles. The molecule has 0 bridgehead atoms. The van der Waals surface area contributed by atoms with E-state index in [0.29, 0.717) is 29.5 Å². The lowest BCUT2D eigenvalue weighted by Crippen LogP contribution is -2.28. The van der Waals surface area contributed by atoms with Crippen molar-refractivity contribution in [3.8, 4) is 17.2 Å². The van der Waals surface area contributed by atoms with Gasteiger partial charge in [-0.2, -0.15) is 0 Å². The predicted molar refractivity (Wildman–Crippen MR) is 102 cm³/mol. The molecule has 1 N–H and O–H groups in total. The number of nitrogens with one attached hydrogen (secondary N) is 1. The number of nitrogens with zero attached hydrogens (tertiary/aromatic N) is 1. The van der Waals surface area contributed by atoms with Gasteiger partial charge in [0, 0.05) is 36.5 Å². The van der Waals surface area contributed by atoms with Crippen molar-refractivity contribution in [2.75, 3.05) is 38.1 Å². The molecule has 1 unspecified atom stereocenters. The summed E-state index contributed by atoms with van der Waals surface area (Å²) in [6.45, 7) is 0.325. The SMILES string of the molecule is COc1cccc(N2CC(C(=O)Nc3ccc(OC)c(OC)c3)CC2=O)c1. The smallest absolute Gasteiger partial charge is 0.229 e. The number of amides is 2. The molecular formula is C20H22N2O5. The zero-order valence-corrected chi connectivity index (χ0v) is 15.5.